The zero-order valence-electron chi connectivity index (χ0n) is 16.5. The number of H-pyrrole nitrogens is 1. The SMILES string of the molecule is Fc1ccc(-c2nc(C3OCCCO3)[nH]c2-c2ccnc(NCc3ccco3)n2)cc1. The van der Waals surface area contributed by atoms with Crippen molar-refractivity contribution in [3.05, 3.63) is 72.3 Å². The van der Waals surface area contributed by atoms with E-state index >= 15 is 0 Å². The fourth-order valence-electron chi connectivity index (χ4n) is 3.31. The summed E-state index contributed by atoms with van der Waals surface area (Å²) in [5.41, 5.74) is 2.68. The smallest absolute Gasteiger partial charge is 0.223 e. The van der Waals surface area contributed by atoms with Crippen molar-refractivity contribution in [2.45, 2.75) is 19.3 Å². The van der Waals surface area contributed by atoms with Crippen LogP contribution in [0.5, 0.6) is 0 Å². The number of benzene rings is 1. The van der Waals surface area contributed by atoms with E-state index in [1.807, 2.05) is 12.1 Å². The first-order valence-corrected chi connectivity index (χ1v) is 9.95. The Labute approximate surface area is 177 Å². The maximum atomic E-state index is 13.5. The van der Waals surface area contributed by atoms with Crippen molar-refractivity contribution in [2.75, 3.05) is 18.5 Å². The standard InChI is InChI=1S/C22H20FN5O3/c23-15-6-4-14(5-7-15)18-19(28-20(27-18)21-30-11-2-12-31-21)17-8-9-24-22(26-17)25-13-16-3-1-10-29-16/h1,3-10,21H,2,11-13H2,(H,27,28)(H,24,25,26). The van der Waals surface area contributed by atoms with E-state index in [-0.39, 0.29) is 5.82 Å². The molecular weight excluding hydrogens is 401 g/mol. The van der Waals surface area contributed by atoms with Gasteiger partial charge in [0.2, 0.25) is 12.2 Å². The third-order valence-corrected chi connectivity index (χ3v) is 4.80. The molecule has 5 rings (SSSR count). The molecule has 1 saturated heterocycles. The van der Waals surface area contributed by atoms with Crippen LogP contribution in [-0.4, -0.2) is 33.1 Å². The summed E-state index contributed by atoms with van der Waals surface area (Å²) in [6.07, 6.45) is 3.53. The van der Waals surface area contributed by atoms with Crippen molar-refractivity contribution in [1.29, 1.82) is 0 Å². The lowest BCUT2D eigenvalue weighted by Gasteiger charge is -2.21. The summed E-state index contributed by atoms with van der Waals surface area (Å²) in [5.74, 6) is 1.45. The summed E-state index contributed by atoms with van der Waals surface area (Å²) in [7, 11) is 0. The van der Waals surface area contributed by atoms with Gasteiger partial charge in [-0.05, 0) is 48.9 Å². The van der Waals surface area contributed by atoms with Gasteiger partial charge in [0, 0.05) is 11.8 Å². The van der Waals surface area contributed by atoms with Gasteiger partial charge in [-0.15, -0.1) is 0 Å². The molecule has 3 aromatic heterocycles. The predicted molar refractivity (Wildman–Crippen MR) is 110 cm³/mol. The molecule has 0 amide bonds. The molecule has 0 spiro atoms. The summed E-state index contributed by atoms with van der Waals surface area (Å²) in [6.45, 7) is 1.65. The molecule has 1 aliphatic heterocycles. The molecule has 158 valence electrons. The normalized spacial score (nSPS) is 14.6. The second-order valence-corrected chi connectivity index (χ2v) is 6.98. The molecule has 4 aromatic rings. The molecule has 0 saturated carbocycles. The fraction of sp³-hybridized carbons (Fsp3) is 0.227. The number of ether oxygens (including phenoxy) is 2. The van der Waals surface area contributed by atoms with Gasteiger partial charge in [-0.3, -0.25) is 0 Å². The van der Waals surface area contributed by atoms with Gasteiger partial charge >= 0.3 is 0 Å². The molecular formula is C22H20FN5O3. The molecule has 31 heavy (non-hydrogen) atoms. The van der Waals surface area contributed by atoms with E-state index in [9.17, 15) is 4.39 Å². The minimum Gasteiger partial charge on any atom is -0.467 e. The minimum atomic E-state index is -0.583. The number of anilines is 1. The maximum Gasteiger partial charge on any atom is 0.223 e. The molecule has 0 aliphatic carbocycles. The number of rotatable bonds is 6. The van der Waals surface area contributed by atoms with E-state index in [1.165, 1.54) is 12.1 Å². The number of aromatic amines is 1. The van der Waals surface area contributed by atoms with Crippen molar-refractivity contribution in [3.8, 4) is 22.6 Å². The van der Waals surface area contributed by atoms with Crippen LogP contribution in [0, 0.1) is 5.82 Å². The van der Waals surface area contributed by atoms with Gasteiger partial charge in [0.1, 0.15) is 11.6 Å². The Kier molecular flexibility index (Phi) is 5.42. The minimum absolute atomic E-state index is 0.313. The lowest BCUT2D eigenvalue weighted by atomic mass is 10.1. The Morgan fingerprint density at radius 2 is 1.90 bits per heavy atom. The Hall–Kier alpha value is -3.56. The monoisotopic (exact) mass is 421 g/mol. The first-order valence-electron chi connectivity index (χ1n) is 9.95. The lowest BCUT2D eigenvalue weighted by molar-refractivity contribution is -0.186. The average Bonchev–Trinajstić information content (AvgIpc) is 3.49. The van der Waals surface area contributed by atoms with Crippen molar-refractivity contribution in [2.24, 2.45) is 0 Å². The number of hydrogen-bond donors (Lipinski definition) is 2. The molecule has 1 aromatic carbocycles. The van der Waals surface area contributed by atoms with Gasteiger partial charge in [-0.25, -0.2) is 19.3 Å². The number of hydrogen-bond acceptors (Lipinski definition) is 7. The van der Waals surface area contributed by atoms with Crippen LogP contribution in [0.1, 0.15) is 24.3 Å². The van der Waals surface area contributed by atoms with Gasteiger partial charge in [0.15, 0.2) is 5.82 Å². The number of nitrogens with one attached hydrogen (secondary N) is 2. The number of imidazole rings is 1. The lowest BCUT2D eigenvalue weighted by Crippen LogP contribution is -2.18. The van der Waals surface area contributed by atoms with Gasteiger partial charge in [0.25, 0.3) is 0 Å². The first-order chi connectivity index (χ1) is 15.3. The van der Waals surface area contributed by atoms with E-state index < -0.39 is 6.29 Å². The van der Waals surface area contributed by atoms with Crippen LogP contribution >= 0.6 is 0 Å². The van der Waals surface area contributed by atoms with Crippen LogP contribution in [-0.2, 0) is 16.0 Å². The van der Waals surface area contributed by atoms with E-state index in [2.05, 4.69) is 20.3 Å². The number of aromatic nitrogens is 4. The molecule has 4 heterocycles. The molecule has 8 nitrogen and oxygen atoms in total. The van der Waals surface area contributed by atoms with E-state index in [0.717, 1.165) is 17.7 Å². The van der Waals surface area contributed by atoms with Crippen LogP contribution < -0.4 is 5.32 Å². The maximum absolute atomic E-state index is 13.5. The zero-order chi connectivity index (χ0) is 21.0. The average molecular weight is 421 g/mol. The van der Waals surface area contributed by atoms with Crippen molar-refractivity contribution < 1.29 is 18.3 Å². The topological polar surface area (TPSA) is 98.1 Å². The highest BCUT2D eigenvalue weighted by molar-refractivity contribution is 5.77. The predicted octanol–water partition coefficient (Wildman–Crippen LogP) is 4.31. The quantitative estimate of drug-likeness (QED) is 0.479. The molecule has 0 unspecified atom stereocenters. The van der Waals surface area contributed by atoms with E-state index in [0.29, 0.717) is 48.6 Å². The van der Waals surface area contributed by atoms with Crippen LogP contribution in [0.4, 0.5) is 10.3 Å². The highest BCUT2D eigenvalue weighted by Gasteiger charge is 2.24. The highest BCUT2D eigenvalue weighted by Crippen LogP contribution is 2.32. The van der Waals surface area contributed by atoms with Gasteiger partial charge in [-0.1, -0.05) is 0 Å². The number of furan rings is 1. The van der Waals surface area contributed by atoms with Crippen LogP contribution in [0.15, 0.2) is 59.3 Å². The van der Waals surface area contributed by atoms with Crippen LogP contribution in [0.25, 0.3) is 22.6 Å². The highest BCUT2D eigenvalue weighted by atomic mass is 19.1. The summed E-state index contributed by atoms with van der Waals surface area (Å²) < 4.78 is 30.2. The zero-order valence-corrected chi connectivity index (χ0v) is 16.5. The van der Waals surface area contributed by atoms with Gasteiger partial charge < -0.3 is 24.2 Å². The van der Waals surface area contributed by atoms with Gasteiger partial charge in [-0.2, -0.15) is 0 Å². The second kappa shape index (κ2) is 8.66. The Bertz CT molecular complexity index is 1140. The summed E-state index contributed by atoms with van der Waals surface area (Å²) in [6, 6.07) is 11.6. The van der Waals surface area contributed by atoms with Gasteiger partial charge in [0.05, 0.1) is 43.1 Å². The Morgan fingerprint density at radius 3 is 2.68 bits per heavy atom. The number of nitrogens with zero attached hydrogens (tertiary/aromatic N) is 3. The molecule has 2 N–H and O–H groups in total. The van der Waals surface area contributed by atoms with Crippen LogP contribution in [0.2, 0.25) is 0 Å². The molecule has 1 aliphatic rings. The largest absolute Gasteiger partial charge is 0.467 e. The van der Waals surface area contributed by atoms with Crippen molar-refractivity contribution >= 4 is 5.95 Å². The molecule has 9 heteroatoms. The molecule has 0 atom stereocenters. The Morgan fingerprint density at radius 1 is 1.06 bits per heavy atom. The third kappa shape index (κ3) is 4.32. The van der Waals surface area contributed by atoms with E-state index in [4.69, 9.17) is 18.9 Å². The summed E-state index contributed by atoms with van der Waals surface area (Å²) >= 11 is 0. The first kappa shape index (κ1) is 19.4. The fourth-order valence-corrected chi connectivity index (χ4v) is 3.31. The van der Waals surface area contributed by atoms with Crippen molar-refractivity contribution in [1.82, 2.24) is 19.9 Å². The van der Waals surface area contributed by atoms with E-state index in [1.54, 1.807) is 30.7 Å². The molecule has 0 radical (unpaired) electrons. The number of halogens is 1. The second-order valence-electron chi connectivity index (χ2n) is 6.98. The Balaban J connectivity index is 1.50. The van der Waals surface area contributed by atoms with Crippen LogP contribution in [0.3, 0.4) is 0 Å². The molecule has 1 fully saturated rings. The summed E-state index contributed by atoms with van der Waals surface area (Å²) in [4.78, 5) is 16.9. The summed E-state index contributed by atoms with van der Waals surface area (Å²) in [5, 5.41) is 3.14. The third-order valence-electron chi connectivity index (χ3n) is 4.80. The van der Waals surface area contributed by atoms with Crippen molar-refractivity contribution in [3.63, 3.8) is 0 Å². The molecule has 0 bridgehead atoms.